The number of nitrogens with one attached hydrogen (secondary N) is 1. The Labute approximate surface area is 165 Å². The highest BCUT2D eigenvalue weighted by Crippen LogP contribution is 2.23. The predicted molar refractivity (Wildman–Crippen MR) is 110 cm³/mol. The number of halogens is 1. The summed E-state index contributed by atoms with van der Waals surface area (Å²) in [6.45, 7) is 8.74. The van der Waals surface area contributed by atoms with Crippen LogP contribution in [0.25, 0.3) is 16.6 Å². The van der Waals surface area contributed by atoms with Gasteiger partial charge in [0.05, 0.1) is 5.52 Å². The minimum atomic E-state index is 0. The van der Waals surface area contributed by atoms with E-state index < -0.39 is 0 Å². The monoisotopic (exact) mass is 387 g/mol. The largest absolute Gasteiger partial charge is 0.337 e. The van der Waals surface area contributed by atoms with Gasteiger partial charge in [-0.2, -0.15) is 5.10 Å². The molecule has 3 heterocycles. The lowest BCUT2D eigenvalue weighted by molar-refractivity contribution is -0.133. The second kappa shape index (κ2) is 7.82. The van der Waals surface area contributed by atoms with Crippen LogP contribution in [0.2, 0.25) is 0 Å². The van der Waals surface area contributed by atoms with Gasteiger partial charge in [0, 0.05) is 48.9 Å². The zero-order valence-electron chi connectivity index (χ0n) is 16.0. The van der Waals surface area contributed by atoms with Crippen molar-refractivity contribution in [2.45, 2.75) is 39.7 Å². The van der Waals surface area contributed by atoms with Crippen molar-refractivity contribution in [2.75, 3.05) is 19.6 Å². The topological polar surface area (TPSA) is 62.5 Å². The second-order valence-corrected chi connectivity index (χ2v) is 7.15. The molecule has 0 bridgehead atoms. The molecule has 0 saturated carbocycles. The van der Waals surface area contributed by atoms with Gasteiger partial charge in [0.2, 0.25) is 5.91 Å². The number of aryl methyl sites for hydroxylation is 2. The fourth-order valence-corrected chi connectivity index (χ4v) is 3.93. The van der Waals surface area contributed by atoms with E-state index in [4.69, 9.17) is 10.1 Å². The maximum atomic E-state index is 12.7. The van der Waals surface area contributed by atoms with E-state index in [9.17, 15) is 4.79 Å². The summed E-state index contributed by atoms with van der Waals surface area (Å²) >= 11 is 0. The van der Waals surface area contributed by atoms with Crippen LogP contribution in [-0.4, -0.2) is 51.1 Å². The van der Waals surface area contributed by atoms with Crippen LogP contribution in [0.1, 0.15) is 30.3 Å². The van der Waals surface area contributed by atoms with E-state index in [1.54, 1.807) is 0 Å². The molecule has 1 fully saturated rings. The van der Waals surface area contributed by atoms with Gasteiger partial charge in [-0.1, -0.05) is 12.1 Å². The van der Waals surface area contributed by atoms with E-state index in [-0.39, 0.29) is 24.4 Å². The van der Waals surface area contributed by atoms with Crippen LogP contribution in [-0.2, 0) is 11.2 Å². The van der Waals surface area contributed by atoms with Crippen molar-refractivity contribution in [3.05, 3.63) is 41.2 Å². The van der Waals surface area contributed by atoms with Crippen molar-refractivity contribution in [1.29, 1.82) is 0 Å². The quantitative estimate of drug-likeness (QED) is 0.750. The number of hydrogen-bond acceptors (Lipinski definition) is 4. The molecule has 6 nitrogen and oxygen atoms in total. The number of fused-ring (bicyclic) bond motifs is 3. The first kappa shape index (κ1) is 19.6. The Balaban J connectivity index is 0.00000210. The average molecular weight is 388 g/mol. The Morgan fingerprint density at radius 1 is 1.30 bits per heavy atom. The molecule has 1 saturated heterocycles. The summed E-state index contributed by atoms with van der Waals surface area (Å²) in [6.07, 6.45) is 1.21. The lowest BCUT2D eigenvalue weighted by atomic mass is 10.0. The van der Waals surface area contributed by atoms with Gasteiger partial charge < -0.3 is 10.2 Å². The van der Waals surface area contributed by atoms with Gasteiger partial charge in [-0.05, 0) is 44.9 Å². The Hall–Kier alpha value is -2.18. The number of rotatable bonds is 3. The molecule has 7 heteroatoms. The van der Waals surface area contributed by atoms with Gasteiger partial charge in [-0.3, -0.25) is 4.79 Å². The summed E-state index contributed by atoms with van der Waals surface area (Å²) in [5, 5.41) is 9.09. The van der Waals surface area contributed by atoms with Gasteiger partial charge in [0.15, 0.2) is 5.65 Å². The average Bonchev–Trinajstić information content (AvgIpc) is 3.01. The smallest absolute Gasteiger partial charge is 0.223 e. The third kappa shape index (κ3) is 3.51. The van der Waals surface area contributed by atoms with Crippen LogP contribution < -0.4 is 5.32 Å². The standard InChI is InChI=1S/C20H25N5O.ClH/c1-13-12-21-10-11-24(13)19(26)9-8-16-14(2)22-20-17-6-4-5-7-18(17)23-25(20)15(16)3;/h4-7,13,21H,8-12H2,1-3H3;1H. The van der Waals surface area contributed by atoms with Crippen molar-refractivity contribution in [3.63, 3.8) is 0 Å². The van der Waals surface area contributed by atoms with Gasteiger partial charge in [0.25, 0.3) is 0 Å². The molecule has 1 atom stereocenters. The van der Waals surface area contributed by atoms with Crippen molar-refractivity contribution in [3.8, 4) is 0 Å². The highest BCUT2D eigenvalue weighted by molar-refractivity contribution is 5.92. The minimum Gasteiger partial charge on any atom is -0.337 e. The highest BCUT2D eigenvalue weighted by atomic mass is 35.5. The van der Waals surface area contributed by atoms with Crippen molar-refractivity contribution >= 4 is 34.9 Å². The summed E-state index contributed by atoms with van der Waals surface area (Å²) in [5.41, 5.74) is 5.03. The zero-order valence-corrected chi connectivity index (χ0v) is 16.8. The molecule has 1 aliphatic heterocycles. The first-order valence-corrected chi connectivity index (χ1v) is 9.30. The van der Waals surface area contributed by atoms with Gasteiger partial charge in [-0.25, -0.2) is 9.50 Å². The number of amides is 1. The molecule has 2 aromatic heterocycles. The molecule has 3 aromatic rings. The SMILES string of the molecule is Cc1nc2c3ccccc3nn2c(C)c1CCC(=O)N1CCNCC1C.Cl. The summed E-state index contributed by atoms with van der Waals surface area (Å²) in [5.74, 6) is 0.225. The van der Waals surface area contributed by atoms with Gasteiger partial charge in [-0.15, -0.1) is 12.4 Å². The maximum Gasteiger partial charge on any atom is 0.223 e. The number of nitrogens with zero attached hydrogens (tertiary/aromatic N) is 4. The molecule has 1 aliphatic rings. The normalized spacial score (nSPS) is 17.3. The van der Waals surface area contributed by atoms with E-state index in [2.05, 4.69) is 25.2 Å². The number of carbonyl (C=O) groups is 1. The summed E-state index contributed by atoms with van der Waals surface area (Å²) in [6, 6.07) is 8.32. The lowest BCUT2D eigenvalue weighted by Gasteiger charge is -2.34. The van der Waals surface area contributed by atoms with Gasteiger partial charge in [0.1, 0.15) is 0 Å². The summed E-state index contributed by atoms with van der Waals surface area (Å²) in [7, 11) is 0. The van der Waals surface area contributed by atoms with E-state index in [0.717, 1.165) is 53.1 Å². The van der Waals surface area contributed by atoms with E-state index >= 15 is 0 Å². The number of carbonyl (C=O) groups excluding carboxylic acids is 1. The Morgan fingerprint density at radius 3 is 2.85 bits per heavy atom. The van der Waals surface area contributed by atoms with Crippen LogP contribution in [0.3, 0.4) is 0 Å². The molecule has 1 aromatic carbocycles. The molecule has 4 rings (SSSR count). The van der Waals surface area contributed by atoms with E-state index in [1.165, 1.54) is 0 Å². The highest BCUT2D eigenvalue weighted by Gasteiger charge is 2.23. The van der Waals surface area contributed by atoms with Crippen LogP contribution in [0.4, 0.5) is 0 Å². The molecular weight excluding hydrogens is 362 g/mol. The molecule has 1 amide bonds. The molecule has 0 aliphatic carbocycles. The number of aromatic nitrogens is 3. The molecular formula is C20H26ClN5O. The number of piperazine rings is 1. The zero-order chi connectivity index (χ0) is 18.3. The third-order valence-electron chi connectivity index (χ3n) is 5.43. The summed E-state index contributed by atoms with van der Waals surface area (Å²) < 4.78 is 1.92. The van der Waals surface area contributed by atoms with Crippen molar-refractivity contribution < 1.29 is 4.79 Å². The first-order valence-electron chi connectivity index (χ1n) is 9.30. The molecule has 1 N–H and O–H groups in total. The summed E-state index contributed by atoms with van der Waals surface area (Å²) in [4.78, 5) is 19.5. The molecule has 1 unspecified atom stereocenters. The third-order valence-corrected chi connectivity index (χ3v) is 5.43. The fraction of sp³-hybridized carbons (Fsp3) is 0.450. The lowest BCUT2D eigenvalue weighted by Crippen LogP contribution is -2.52. The van der Waals surface area contributed by atoms with Crippen LogP contribution in [0, 0.1) is 13.8 Å². The van der Waals surface area contributed by atoms with Crippen LogP contribution >= 0.6 is 12.4 Å². The van der Waals surface area contributed by atoms with E-state index in [1.807, 2.05) is 34.5 Å². The van der Waals surface area contributed by atoms with E-state index in [0.29, 0.717) is 12.8 Å². The number of benzene rings is 1. The fourth-order valence-electron chi connectivity index (χ4n) is 3.93. The maximum absolute atomic E-state index is 12.7. The second-order valence-electron chi connectivity index (χ2n) is 7.15. The van der Waals surface area contributed by atoms with Crippen molar-refractivity contribution in [2.24, 2.45) is 0 Å². The van der Waals surface area contributed by atoms with Crippen LogP contribution in [0.5, 0.6) is 0 Å². The Kier molecular flexibility index (Phi) is 5.67. The Bertz CT molecular complexity index is 983. The van der Waals surface area contributed by atoms with Crippen LogP contribution in [0.15, 0.2) is 24.3 Å². The van der Waals surface area contributed by atoms with Gasteiger partial charge >= 0.3 is 0 Å². The number of hydrogen-bond donors (Lipinski definition) is 1. The molecule has 144 valence electrons. The minimum absolute atomic E-state index is 0. The Morgan fingerprint density at radius 2 is 2.07 bits per heavy atom. The molecule has 0 radical (unpaired) electrons. The molecule has 27 heavy (non-hydrogen) atoms. The molecule has 0 spiro atoms. The van der Waals surface area contributed by atoms with Crippen molar-refractivity contribution in [1.82, 2.24) is 24.8 Å². The predicted octanol–water partition coefficient (Wildman–Crippen LogP) is 2.67. The first-order chi connectivity index (χ1) is 12.6.